The molecule has 2 rings (SSSR count). The summed E-state index contributed by atoms with van der Waals surface area (Å²) in [6, 6.07) is 9.76. The van der Waals surface area contributed by atoms with Gasteiger partial charge in [0.15, 0.2) is 5.84 Å². The number of nitrogens with two attached hydrogens (primary N) is 1. The number of hydrogen-bond donors (Lipinski definition) is 3. The largest absolute Gasteiger partial charge is 0.409 e. The van der Waals surface area contributed by atoms with Crippen LogP contribution in [-0.4, -0.2) is 11.0 Å². The van der Waals surface area contributed by atoms with Gasteiger partial charge in [-0.2, -0.15) is 0 Å². The van der Waals surface area contributed by atoms with Gasteiger partial charge in [0.25, 0.3) is 0 Å². The van der Waals surface area contributed by atoms with Gasteiger partial charge in [-0.3, -0.25) is 0 Å². The fourth-order valence-electron chi connectivity index (χ4n) is 1.73. The Balaban J connectivity index is 2.13. The molecule has 110 valence electrons. The number of anilines is 1. The van der Waals surface area contributed by atoms with E-state index < -0.39 is 5.82 Å². The van der Waals surface area contributed by atoms with Crippen molar-refractivity contribution in [3.63, 3.8) is 0 Å². The van der Waals surface area contributed by atoms with Gasteiger partial charge >= 0.3 is 0 Å². The third-order valence-electron chi connectivity index (χ3n) is 2.86. The molecule has 0 amide bonds. The van der Waals surface area contributed by atoms with Crippen molar-refractivity contribution >= 4 is 39.1 Å². The Morgan fingerprint density at radius 3 is 2.71 bits per heavy atom. The van der Waals surface area contributed by atoms with Crippen LogP contribution < -0.4 is 11.1 Å². The monoisotopic (exact) mass is 371 g/mol. The molecule has 0 atom stereocenters. The first kappa shape index (κ1) is 15.6. The summed E-state index contributed by atoms with van der Waals surface area (Å²) in [5.74, 6) is -0.579. The van der Waals surface area contributed by atoms with Crippen molar-refractivity contribution in [1.29, 1.82) is 0 Å². The van der Waals surface area contributed by atoms with Gasteiger partial charge in [0.1, 0.15) is 5.82 Å². The van der Waals surface area contributed by atoms with Crippen LogP contribution in [0.25, 0.3) is 0 Å². The van der Waals surface area contributed by atoms with Crippen molar-refractivity contribution in [2.24, 2.45) is 10.9 Å². The Morgan fingerprint density at radius 2 is 2.10 bits per heavy atom. The van der Waals surface area contributed by atoms with Gasteiger partial charge in [-0.1, -0.05) is 44.8 Å². The lowest BCUT2D eigenvalue weighted by molar-refractivity contribution is 0.318. The van der Waals surface area contributed by atoms with Crippen LogP contribution in [0.4, 0.5) is 10.1 Å². The van der Waals surface area contributed by atoms with Gasteiger partial charge in [-0.05, 0) is 24.3 Å². The predicted molar refractivity (Wildman–Crippen MR) is 85.4 cm³/mol. The first-order valence-electron chi connectivity index (χ1n) is 5.96. The minimum absolute atomic E-state index is 0.135. The second-order valence-electron chi connectivity index (χ2n) is 4.27. The molecule has 0 spiro atoms. The van der Waals surface area contributed by atoms with Crippen LogP contribution in [-0.2, 0) is 6.54 Å². The molecule has 0 aliphatic heterocycles. The maximum absolute atomic E-state index is 13.9. The standard InChI is InChI=1S/C14H12BrClFN3O/c15-10-3-4-13(11(16)6-10)19-7-9-2-1-8(5-12(9)17)14(18)20-21/h1-6,19,21H,7H2,(H2,18,20). The summed E-state index contributed by atoms with van der Waals surface area (Å²) in [6.07, 6.45) is 0. The summed E-state index contributed by atoms with van der Waals surface area (Å²) in [7, 11) is 0. The topological polar surface area (TPSA) is 70.6 Å². The number of nitrogens with one attached hydrogen (secondary N) is 1. The minimum atomic E-state index is -0.445. The molecule has 0 saturated carbocycles. The van der Waals surface area contributed by atoms with Crippen LogP contribution in [0.1, 0.15) is 11.1 Å². The Labute approximate surface area is 134 Å². The Morgan fingerprint density at radius 1 is 1.33 bits per heavy atom. The first-order valence-corrected chi connectivity index (χ1v) is 7.13. The van der Waals surface area contributed by atoms with Crippen LogP contribution in [0.5, 0.6) is 0 Å². The zero-order chi connectivity index (χ0) is 15.4. The van der Waals surface area contributed by atoms with E-state index in [9.17, 15) is 4.39 Å². The van der Waals surface area contributed by atoms with Crippen LogP contribution >= 0.6 is 27.5 Å². The summed E-state index contributed by atoms with van der Waals surface area (Å²) < 4.78 is 14.8. The van der Waals surface area contributed by atoms with Crippen LogP contribution in [0.2, 0.25) is 5.02 Å². The highest BCUT2D eigenvalue weighted by atomic mass is 79.9. The van der Waals surface area contributed by atoms with Crippen molar-refractivity contribution < 1.29 is 9.60 Å². The van der Waals surface area contributed by atoms with Crippen LogP contribution in [0, 0.1) is 5.82 Å². The first-order chi connectivity index (χ1) is 10.0. The van der Waals surface area contributed by atoms with Crippen LogP contribution in [0.3, 0.4) is 0 Å². The Hall–Kier alpha value is -1.79. The number of oxime groups is 1. The average Bonchev–Trinajstić information content (AvgIpc) is 2.46. The van der Waals surface area contributed by atoms with Crippen molar-refractivity contribution in [1.82, 2.24) is 0 Å². The maximum atomic E-state index is 13.9. The molecule has 0 aliphatic rings. The fourth-order valence-corrected chi connectivity index (χ4v) is 2.47. The highest BCUT2D eigenvalue weighted by molar-refractivity contribution is 9.10. The van der Waals surface area contributed by atoms with Gasteiger partial charge in [0.2, 0.25) is 0 Å². The smallest absolute Gasteiger partial charge is 0.170 e. The SMILES string of the molecule is NC(=NO)c1ccc(CNc2ccc(Br)cc2Cl)c(F)c1. The fraction of sp³-hybridized carbons (Fsp3) is 0.0714. The van der Waals surface area contributed by atoms with E-state index in [-0.39, 0.29) is 12.4 Å². The summed E-state index contributed by atoms with van der Waals surface area (Å²) in [5, 5.41) is 15.0. The molecular formula is C14H12BrClFN3O. The number of nitrogens with zero attached hydrogens (tertiary/aromatic N) is 1. The molecule has 4 N–H and O–H groups in total. The molecule has 0 radical (unpaired) electrons. The molecule has 0 fully saturated rings. The maximum Gasteiger partial charge on any atom is 0.170 e. The number of benzene rings is 2. The lowest BCUT2D eigenvalue weighted by atomic mass is 10.1. The second-order valence-corrected chi connectivity index (χ2v) is 5.59. The second kappa shape index (κ2) is 6.78. The van der Waals surface area contributed by atoms with Crippen molar-refractivity contribution in [3.05, 3.63) is 62.8 Å². The molecule has 0 aromatic heterocycles. The molecule has 21 heavy (non-hydrogen) atoms. The van der Waals surface area contributed by atoms with Crippen LogP contribution in [0.15, 0.2) is 46.0 Å². The minimum Gasteiger partial charge on any atom is -0.409 e. The van der Waals surface area contributed by atoms with E-state index >= 15 is 0 Å². The molecule has 0 saturated heterocycles. The number of amidine groups is 1. The third-order valence-corrected chi connectivity index (χ3v) is 3.66. The average molecular weight is 373 g/mol. The third kappa shape index (κ3) is 3.86. The zero-order valence-electron chi connectivity index (χ0n) is 10.8. The van der Waals surface area contributed by atoms with E-state index in [4.69, 9.17) is 22.5 Å². The van der Waals surface area contributed by atoms with Gasteiger partial charge in [0, 0.05) is 22.1 Å². The van der Waals surface area contributed by atoms with Gasteiger partial charge in [0.05, 0.1) is 10.7 Å². The van der Waals surface area contributed by atoms with Crippen molar-refractivity contribution in [2.75, 3.05) is 5.32 Å². The summed E-state index contributed by atoms with van der Waals surface area (Å²) in [5.41, 5.74) is 6.88. The van der Waals surface area contributed by atoms with Gasteiger partial charge in [-0.15, -0.1) is 0 Å². The normalized spacial score (nSPS) is 11.5. The lowest BCUT2D eigenvalue weighted by Gasteiger charge is -2.10. The highest BCUT2D eigenvalue weighted by Gasteiger charge is 2.07. The molecule has 0 aliphatic carbocycles. The van der Waals surface area contributed by atoms with Gasteiger partial charge in [-0.25, -0.2) is 4.39 Å². The van der Waals surface area contributed by atoms with E-state index in [0.717, 1.165) is 4.47 Å². The molecule has 0 heterocycles. The van der Waals surface area contributed by atoms with E-state index in [2.05, 4.69) is 26.4 Å². The molecule has 2 aromatic carbocycles. The predicted octanol–water partition coefficient (Wildman–Crippen LogP) is 3.95. The lowest BCUT2D eigenvalue weighted by Crippen LogP contribution is -2.14. The summed E-state index contributed by atoms with van der Waals surface area (Å²) in [6.45, 7) is 0.267. The molecule has 2 aromatic rings. The van der Waals surface area contributed by atoms with Crippen molar-refractivity contribution in [2.45, 2.75) is 6.54 Å². The number of halogens is 3. The number of rotatable bonds is 4. The quantitative estimate of drug-likeness (QED) is 0.329. The molecule has 4 nitrogen and oxygen atoms in total. The van der Waals surface area contributed by atoms with E-state index in [1.807, 2.05) is 6.07 Å². The molecule has 0 unspecified atom stereocenters. The molecule has 0 bridgehead atoms. The summed E-state index contributed by atoms with van der Waals surface area (Å²) in [4.78, 5) is 0. The molecule has 7 heteroatoms. The Bertz CT molecular complexity index is 694. The Kier molecular flexibility index (Phi) is 5.03. The van der Waals surface area contributed by atoms with E-state index in [1.54, 1.807) is 24.3 Å². The number of hydrogen-bond acceptors (Lipinski definition) is 3. The van der Waals surface area contributed by atoms with E-state index in [1.165, 1.54) is 6.07 Å². The molecular weight excluding hydrogens is 361 g/mol. The zero-order valence-corrected chi connectivity index (χ0v) is 13.1. The van der Waals surface area contributed by atoms with Gasteiger partial charge < -0.3 is 16.3 Å². The summed E-state index contributed by atoms with van der Waals surface area (Å²) >= 11 is 9.39. The highest BCUT2D eigenvalue weighted by Crippen LogP contribution is 2.26. The van der Waals surface area contributed by atoms with Crippen molar-refractivity contribution in [3.8, 4) is 0 Å². The van der Waals surface area contributed by atoms with E-state index in [0.29, 0.717) is 21.8 Å².